The molecule has 0 saturated carbocycles. The third kappa shape index (κ3) is 3.82. The van der Waals surface area contributed by atoms with Crippen LogP contribution < -0.4 is 9.30 Å². The van der Waals surface area contributed by atoms with Gasteiger partial charge in [0.15, 0.2) is 6.20 Å². The summed E-state index contributed by atoms with van der Waals surface area (Å²) in [4.78, 5) is 3.83. The van der Waals surface area contributed by atoms with Crippen LogP contribution in [0, 0.1) is 18.9 Å². The number of benzene rings is 4. The van der Waals surface area contributed by atoms with Gasteiger partial charge in [-0.3, -0.25) is 0 Å². The minimum absolute atomic E-state index is 0.104. The Bertz CT molecular complexity index is 1830. The van der Waals surface area contributed by atoms with Gasteiger partial charge in [0.05, 0.1) is 17.4 Å². The van der Waals surface area contributed by atoms with Gasteiger partial charge in [0.2, 0.25) is 11.2 Å². The van der Waals surface area contributed by atoms with E-state index in [1.54, 1.807) is 0 Å². The summed E-state index contributed by atoms with van der Waals surface area (Å²) in [6.07, 6.45) is 3.82. The Morgan fingerprint density at radius 2 is 1.58 bits per heavy atom. The Labute approximate surface area is 225 Å². The fraction of sp³-hybridized carbons (Fsp3) is 0.314. The monoisotopic (exact) mass is 499 g/mol. The molecule has 0 aliphatic carbocycles. The topological polar surface area (TPSA) is 17.5 Å². The number of aromatic nitrogens is 1. The Balaban J connectivity index is 1.70. The fourth-order valence-electron chi connectivity index (χ4n) is 6.18. The van der Waals surface area contributed by atoms with Gasteiger partial charge in [-0.2, -0.15) is 0 Å². The summed E-state index contributed by atoms with van der Waals surface area (Å²) in [6.45, 7) is 20.7. The molecule has 0 bridgehead atoms. The molecule has 0 unspecified atom stereocenters. The summed E-state index contributed by atoms with van der Waals surface area (Å²) in [7, 11) is 2.14. The standard InChI is InChI=1S/C35H35N2O/c1-21-25-11-9-10-12-27(25)28(20-34(2,3)4)33-29(21)31-30-23(15-16-37(31)8)18-24-17-22(19-35(5,6)36-7)13-14-26(24)32(30)38-33/h9-18H,19-20H2,1-6,8H3/q+1. The molecule has 0 radical (unpaired) electrons. The minimum Gasteiger partial charge on any atom is -0.455 e. The summed E-state index contributed by atoms with van der Waals surface area (Å²) in [5.41, 5.74) is 5.83. The molecule has 0 atom stereocenters. The van der Waals surface area contributed by atoms with Crippen molar-refractivity contribution in [3.8, 4) is 22.8 Å². The molecule has 4 aromatic carbocycles. The van der Waals surface area contributed by atoms with E-state index in [0.29, 0.717) is 0 Å². The summed E-state index contributed by atoms with van der Waals surface area (Å²) in [5, 5.41) is 7.20. The van der Waals surface area contributed by atoms with E-state index in [4.69, 9.17) is 11.3 Å². The van der Waals surface area contributed by atoms with Gasteiger partial charge in [0.25, 0.3) is 0 Å². The molecule has 2 heterocycles. The maximum Gasteiger partial charge on any atom is 0.231 e. The van der Waals surface area contributed by atoms with E-state index < -0.39 is 5.54 Å². The lowest BCUT2D eigenvalue weighted by atomic mass is 9.81. The van der Waals surface area contributed by atoms with E-state index in [9.17, 15) is 0 Å². The molecule has 0 N–H and O–H groups in total. The fourth-order valence-corrected chi connectivity index (χ4v) is 6.18. The van der Waals surface area contributed by atoms with Crippen molar-refractivity contribution in [1.82, 2.24) is 0 Å². The van der Waals surface area contributed by atoms with Gasteiger partial charge in [-0.25, -0.2) is 11.1 Å². The largest absolute Gasteiger partial charge is 0.455 e. The van der Waals surface area contributed by atoms with Crippen LogP contribution in [0.2, 0.25) is 0 Å². The molecule has 1 aliphatic heterocycles. The van der Waals surface area contributed by atoms with E-state index in [1.807, 2.05) is 13.8 Å². The van der Waals surface area contributed by atoms with Gasteiger partial charge in [0.1, 0.15) is 18.5 Å². The SMILES string of the molecule is [C-]#[N+]C(C)(C)Cc1ccc2c3c4c([n+](C)ccc4cc2c1)-c1c(c(CC(C)(C)C)c2ccccc2c1C)O3. The molecule has 38 heavy (non-hydrogen) atoms. The summed E-state index contributed by atoms with van der Waals surface area (Å²) in [5.74, 6) is 1.94. The highest BCUT2D eigenvalue weighted by atomic mass is 16.5. The zero-order chi connectivity index (χ0) is 27.0. The second kappa shape index (κ2) is 8.30. The van der Waals surface area contributed by atoms with Gasteiger partial charge in [-0.15, -0.1) is 0 Å². The van der Waals surface area contributed by atoms with Crippen molar-refractivity contribution in [3.05, 3.63) is 88.9 Å². The smallest absolute Gasteiger partial charge is 0.231 e. The number of hydrogen-bond acceptors (Lipinski definition) is 1. The first-order valence-corrected chi connectivity index (χ1v) is 13.5. The molecule has 1 aromatic heterocycles. The van der Waals surface area contributed by atoms with E-state index in [2.05, 4.69) is 105 Å². The van der Waals surface area contributed by atoms with Crippen LogP contribution in [-0.2, 0) is 19.9 Å². The maximum atomic E-state index is 7.57. The van der Waals surface area contributed by atoms with Crippen molar-refractivity contribution < 1.29 is 9.30 Å². The summed E-state index contributed by atoms with van der Waals surface area (Å²) in [6, 6.07) is 19.9. The van der Waals surface area contributed by atoms with Gasteiger partial charge in [0, 0.05) is 30.9 Å². The summed E-state index contributed by atoms with van der Waals surface area (Å²) < 4.78 is 9.34. The van der Waals surface area contributed by atoms with Crippen LogP contribution in [0.3, 0.4) is 0 Å². The first kappa shape index (κ1) is 24.4. The van der Waals surface area contributed by atoms with E-state index in [-0.39, 0.29) is 5.41 Å². The molecular weight excluding hydrogens is 464 g/mol. The number of ether oxygens (including phenoxy) is 1. The average molecular weight is 500 g/mol. The Kier molecular flexibility index (Phi) is 5.34. The van der Waals surface area contributed by atoms with Crippen molar-refractivity contribution in [2.75, 3.05) is 0 Å². The van der Waals surface area contributed by atoms with Crippen molar-refractivity contribution in [2.24, 2.45) is 12.5 Å². The normalized spacial score (nSPS) is 13.0. The molecule has 0 fully saturated rings. The highest BCUT2D eigenvalue weighted by Crippen LogP contribution is 2.53. The van der Waals surface area contributed by atoms with Crippen LogP contribution in [0.4, 0.5) is 0 Å². The second-order valence-electron chi connectivity index (χ2n) is 12.8. The van der Waals surface area contributed by atoms with Crippen LogP contribution in [0.15, 0.2) is 60.8 Å². The molecule has 0 spiro atoms. The first-order chi connectivity index (χ1) is 18.0. The highest BCUT2D eigenvalue weighted by Gasteiger charge is 2.34. The van der Waals surface area contributed by atoms with E-state index in [0.717, 1.165) is 35.1 Å². The van der Waals surface area contributed by atoms with Crippen LogP contribution in [0.5, 0.6) is 11.5 Å². The Morgan fingerprint density at radius 1 is 0.842 bits per heavy atom. The molecule has 190 valence electrons. The van der Waals surface area contributed by atoms with Crippen LogP contribution >= 0.6 is 0 Å². The Hall–Kier alpha value is -3.90. The number of aryl methyl sites for hydroxylation is 2. The Morgan fingerprint density at radius 3 is 2.29 bits per heavy atom. The predicted octanol–water partition coefficient (Wildman–Crippen LogP) is 8.88. The molecule has 5 aromatic rings. The molecule has 0 amide bonds. The van der Waals surface area contributed by atoms with Crippen molar-refractivity contribution >= 4 is 32.3 Å². The van der Waals surface area contributed by atoms with Gasteiger partial charge in [-0.05, 0) is 57.5 Å². The van der Waals surface area contributed by atoms with Gasteiger partial charge >= 0.3 is 0 Å². The number of nitrogens with zero attached hydrogens (tertiary/aromatic N) is 2. The second-order valence-corrected chi connectivity index (χ2v) is 12.8. The zero-order valence-electron chi connectivity index (χ0n) is 23.5. The third-order valence-electron chi connectivity index (χ3n) is 7.87. The van der Waals surface area contributed by atoms with Crippen LogP contribution in [0.25, 0.3) is 48.4 Å². The summed E-state index contributed by atoms with van der Waals surface area (Å²) >= 11 is 0. The molecule has 3 heteroatoms. The lowest BCUT2D eigenvalue weighted by Gasteiger charge is -2.28. The first-order valence-electron chi connectivity index (χ1n) is 13.5. The zero-order valence-corrected chi connectivity index (χ0v) is 23.5. The van der Waals surface area contributed by atoms with E-state index >= 15 is 0 Å². The third-order valence-corrected chi connectivity index (χ3v) is 7.87. The van der Waals surface area contributed by atoms with Crippen molar-refractivity contribution in [2.45, 2.75) is 59.9 Å². The van der Waals surface area contributed by atoms with Crippen molar-refractivity contribution in [1.29, 1.82) is 0 Å². The lowest BCUT2D eigenvalue weighted by molar-refractivity contribution is -0.659. The quantitative estimate of drug-likeness (QED) is 0.135. The highest BCUT2D eigenvalue weighted by molar-refractivity contribution is 6.13. The molecule has 1 aliphatic rings. The number of pyridine rings is 1. The predicted molar refractivity (Wildman–Crippen MR) is 158 cm³/mol. The van der Waals surface area contributed by atoms with Crippen molar-refractivity contribution in [3.63, 3.8) is 0 Å². The van der Waals surface area contributed by atoms with Gasteiger partial charge in [-0.1, -0.05) is 63.2 Å². The molecule has 0 saturated heterocycles. The molecule has 6 rings (SSSR count). The minimum atomic E-state index is -0.421. The van der Waals surface area contributed by atoms with Gasteiger partial charge < -0.3 is 9.58 Å². The maximum absolute atomic E-state index is 7.57. The average Bonchev–Trinajstić information content (AvgIpc) is 2.87. The van der Waals surface area contributed by atoms with Crippen LogP contribution in [-0.4, -0.2) is 5.54 Å². The number of rotatable bonds is 3. The van der Waals surface area contributed by atoms with Crippen LogP contribution in [0.1, 0.15) is 51.3 Å². The molecule has 3 nitrogen and oxygen atoms in total. The lowest BCUT2D eigenvalue weighted by Crippen LogP contribution is -2.32. The number of fused-ring (bicyclic) bond motifs is 5. The number of hydrogen-bond donors (Lipinski definition) is 0. The molecular formula is C35H35N2O+. The van der Waals surface area contributed by atoms with E-state index in [1.165, 1.54) is 49.5 Å².